The number of thioether (sulfide) groups is 1. The fourth-order valence-electron chi connectivity index (χ4n) is 2.05. The Morgan fingerprint density at radius 1 is 1.24 bits per heavy atom. The average Bonchev–Trinajstić information content (AvgIpc) is 2.64. The van der Waals surface area contributed by atoms with Crippen LogP contribution < -0.4 is 15.4 Å². The van der Waals surface area contributed by atoms with Crippen LogP contribution in [-0.4, -0.2) is 56.6 Å². The van der Waals surface area contributed by atoms with Gasteiger partial charge in [0, 0.05) is 18.5 Å². The fraction of sp³-hybridized carbons (Fsp3) is 0.471. The number of hydrogen-bond acceptors (Lipinski definition) is 6. The summed E-state index contributed by atoms with van der Waals surface area (Å²) >= 11 is 1.58. The number of amides is 2. The molecule has 138 valence electrons. The van der Waals surface area contributed by atoms with E-state index in [0.717, 1.165) is 5.75 Å². The van der Waals surface area contributed by atoms with Crippen molar-refractivity contribution >= 4 is 29.5 Å². The van der Waals surface area contributed by atoms with Crippen LogP contribution in [0.2, 0.25) is 0 Å². The molecular formula is C17H24N2O5S. The second kappa shape index (κ2) is 11.4. The van der Waals surface area contributed by atoms with Gasteiger partial charge in [0.25, 0.3) is 5.91 Å². The standard InChI is InChI=1S/C17H24N2O5S/c1-23-13-6-4-5-12(11-13)16(21)18-9-7-15(20)19-14(8-10-25-3)17(22)24-2/h4-6,11,14H,7-10H2,1-3H3,(H,18,21)(H,19,20)/t14-/m1/s1. The molecule has 0 aliphatic heterocycles. The highest BCUT2D eigenvalue weighted by atomic mass is 32.2. The Labute approximate surface area is 151 Å². The lowest BCUT2D eigenvalue weighted by atomic mass is 10.2. The van der Waals surface area contributed by atoms with Gasteiger partial charge in [0.15, 0.2) is 0 Å². The summed E-state index contributed by atoms with van der Waals surface area (Å²) in [5.41, 5.74) is 0.451. The van der Waals surface area contributed by atoms with Crippen LogP contribution in [0.3, 0.4) is 0 Å². The van der Waals surface area contributed by atoms with Crippen molar-refractivity contribution in [3.8, 4) is 5.75 Å². The molecule has 2 N–H and O–H groups in total. The summed E-state index contributed by atoms with van der Waals surface area (Å²) in [6.07, 6.45) is 2.49. The summed E-state index contributed by atoms with van der Waals surface area (Å²) < 4.78 is 9.76. The molecule has 2 amide bonds. The van der Waals surface area contributed by atoms with E-state index in [1.807, 2.05) is 6.26 Å². The van der Waals surface area contributed by atoms with Crippen molar-refractivity contribution < 1.29 is 23.9 Å². The van der Waals surface area contributed by atoms with E-state index in [9.17, 15) is 14.4 Å². The Hall–Kier alpha value is -2.22. The Bertz CT molecular complexity index is 594. The SMILES string of the molecule is COC(=O)[C@@H](CCSC)NC(=O)CCNC(=O)c1cccc(OC)c1. The van der Waals surface area contributed by atoms with Gasteiger partial charge in [-0.25, -0.2) is 4.79 Å². The first kappa shape index (κ1) is 20.8. The topological polar surface area (TPSA) is 93.7 Å². The predicted molar refractivity (Wildman–Crippen MR) is 96.9 cm³/mol. The third kappa shape index (κ3) is 7.47. The van der Waals surface area contributed by atoms with Crippen molar-refractivity contribution in [2.24, 2.45) is 0 Å². The molecule has 1 aromatic rings. The van der Waals surface area contributed by atoms with Crippen LogP contribution in [0.1, 0.15) is 23.2 Å². The lowest BCUT2D eigenvalue weighted by Gasteiger charge is -2.16. The number of carbonyl (C=O) groups is 3. The predicted octanol–water partition coefficient (Wildman–Crippen LogP) is 1.23. The van der Waals surface area contributed by atoms with Crippen molar-refractivity contribution in [1.82, 2.24) is 10.6 Å². The molecule has 1 rings (SSSR count). The van der Waals surface area contributed by atoms with E-state index >= 15 is 0 Å². The summed E-state index contributed by atoms with van der Waals surface area (Å²) in [5, 5.41) is 5.30. The van der Waals surface area contributed by atoms with E-state index in [-0.39, 0.29) is 24.8 Å². The molecule has 0 heterocycles. The number of carbonyl (C=O) groups excluding carboxylic acids is 3. The number of methoxy groups -OCH3 is 2. The maximum Gasteiger partial charge on any atom is 0.328 e. The van der Waals surface area contributed by atoms with E-state index in [1.54, 1.807) is 36.0 Å². The molecule has 0 bridgehead atoms. The van der Waals surface area contributed by atoms with Crippen LogP contribution >= 0.6 is 11.8 Å². The average molecular weight is 368 g/mol. The van der Waals surface area contributed by atoms with Crippen LogP contribution in [0, 0.1) is 0 Å². The van der Waals surface area contributed by atoms with Gasteiger partial charge in [-0.15, -0.1) is 0 Å². The molecule has 0 aromatic heterocycles. The quantitative estimate of drug-likeness (QED) is 0.603. The van der Waals surface area contributed by atoms with Gasteiger partial charge in [0.1, 0.15) is 11.8 Å². The summed E-state index contributed by atoms with van der Waals surface area (Å²) in [6, 6.07) is 6.07. The first-order chi connectivity index (χ1) is 12.0. The molecule has 0 saturated heterocycles. The van der Waals surface area contributed by atoms with Crippen LogP contribution in [0.15, 0.2) is 24.3 Å². The largest absolute Gasteiger partial charge is 0.497 e. The summed E-state index contributed by atoms with van der Waals surface area (Å²) in [5.74, 6) is 0.232. The molecule has 1 aromatic carbocycles. The van der Waals surface area contributed by atoms with E-state index in [4.69, 9.17) is 4.74 Å². The minimum atomic E-state index is -0.668. The molecule has 8 heteroatoms. The molecule has 7 nitrogen and oxygen atoms in total. The smallest absolute Gasteiger partial charge is 0.328 e. The van der Waals surface area contributed by atoms with Gasteiger partial charge >= 0.3 is 5.97 Å². The molecule has 0 aliphatic rings. The molecule has 0 spiro atoms. The molecular weight excluding hydrogens is 344 g/mol. The molecule has 1 atom stereocenters. The van der Waals surface area contributed by atoms with Crippen molar-refractivity contribution in [2.75, 3.05) is 32.8 Å². The highest BCUT2D eigenvalue weighted by Crippen LogP contribution is 2.12. The van der Waals surface area contributed by atoms with Crippen LogP contribution in [-0.2, 0) is 14.3 Å². The van der Waals surface area contributed by atoms with Gasteiger partial charge in [-0.05, 0) is 36.6 Å². The number of esters is 1. The number of benzene rings is 1. The van der Waals surface area contributed by atoms with Gasteiger partial charge in [0.05, 0.1) is 14.2 Å². The highest BCUT2D eigenvalue weighted by molar-refractivity contribution is 7.98. The van der Waals surface area contributed by atoms with E-state index in [2.05, 4.69) is 15.4 Å². The van der Waals surface area contributed by atoms with Crippen molar-refractivity contribution in [3.05, 3.63) is 29.8 Å². The molecule has 0 saturated carbocycles. The minimum absolute atomic E-state index is 0.0719. The third-order valence-corrected chi connectivity index (χ3v) is 4.05. The lowest BCUT2D eigenvalue weighted by Crippen LogP contribution is -2.43. The summed E-state index contributed by atoms with van der Waals surface area (Å²) in [4.78, 5) is 35.6. The number of ether oxygens (including phenoxy) is 2. The number of nitrogens with one attached hydrogen (secondary N) is 2. The molecule has 0 aliphatic carbocycles. The zero-order chi connectivity index (χ0) is 18.7. The summed E-state index contributed by atoms with van der Waals surface area (Å²) in [7, 11) is 2.81. The highest BCUT2D eigenvalue weighted by Gasteiger charge is 2.20. The second-order valence-electron chi connectivity index (χ2n) is 5.16. The van der Waals surface area contributed by atoms with E-state index in [0.29, 0.717) is 17.7 Å². The molecule has 25 heavy (non-hydrogen) atoms. The van der Waals surface area contributed by atoms with Crippen molar-refractivity contribution in [3.63, 3.8) is 0 Å². The first-order valence-electron chi connectivity index (χ1n) is 7.80. The Morgan fingerprint density at radius 3 is 2.64 bits per heavy atom. The number of rotatable bonds is 10. The number of hydrogen-bond donors (Lipinski definition) is 2. The molecule has 0 radical (unpaired) electrons. The van der Waals surface area contributed by atoms with Gasteiger partial charge < -0.3 is 20.1 Å². The van der Waals surface area contributed by atoms with Gasteiger partial charge in [-0.2, -0.15) is 11.8 Å². The van der Waals surface area contributed by atoms with E-state index < -0.39 is 12.0 Å². The molecule has 0 unspecified atom stereocenters. The Morgan fingerprint density at radius 2 is 2.00 bits per heavy atom. The first-order valence-corrected chi connectivity index (χ1v) is 9.19. The maximum absolute atomic E-state index is 12.0. The lowest BCUT2D eigenvalue weighted by molar-refractivity contribution is -0.145. The van der Waals surface area contributed by atoms with Crippen LogP contribution in [0.25, 0.3) is 0 Å². The summed E-state index contributed by atoms with van der Waals surface area (Å²) in [6.45, 7) is 0.165. The van der Waals surface area contributed by atoms with Gasteiger partial charge in [-0.1, -0.05) is 6.07 Å². The molecule has 0 fully saturated rings. The maximum atomic E-state index is 12.0. The third-order valence-electron chi connectivity index (χ3n) is 3.40. The van der Waals surface area contributed by atoms with Crippen LogP contribution in [0.5, 0.6) is 5.75 Å². The zero-order valence-corrected chi connectivity index (χ0v) is 15.5. The van der Waals surface area contributed by atoms with Crippen LogP contribution in [0.4, 0.5) is 0 Å². The normalized spacial score (nSPS) is 11.3. The Kier molecular flexibility index (Phi) is 9.46. The zero-order valence-electron chi connectivity index (χ0n) is 14.7. The van der Waals surface area contributed by atoms with Crippen molar-refractivity contribution in [2.45, 2.75) is 18.9 Å². The Balaban J connectivity index is 2.44. The van der Waals surface area contributed by atoms with E-state index in [1.165, 1.54) is 14.2 Å². The monoisotopic (exact) mass is 368 g/mol. The minimum Gasteiger partial charge on any atom is -0.497 e. The second-order valence-corrected chi connectivity index (χ2v) is 6.15. The fourth-order valence-corrected chi connectivity index (χ4v) is 2.52. The van der Waals surface area contributed by atoms with Gasteiger partial charge in [-0.3, -0.25) is 9.59 Å². The van der Waals surface area contributed by atoms with Crippen molar-refractivity contribution in [1.29, 1.82) is 0 Å². The van der Waals surface area contributed by atoms with Gasteiger partial charge in [0.2, 0.25) is 5.91 Å².